The molecule has 0 atom stereocenters. The monoisotopic (exact) mass is 283 g/mol. The Bertz CT molecular complexity index is 473. The van der Waals surface area contributed by atoms with Gasteiger partial charge in [-0.2, -0.15) is 5.26 Å². The van der Waals surface area contributed by atoms with Gasteiger partial charge in [0.05, 0.1) is 18.2 Å². The van der Waals surface area contributed by atoms with E-state index in [1.807, 2.05) is 6.07 Å². The van der Waals surface area contributed by atoms with Gasteiger partial charge in [0.1, 0.15) is 0 Å². The van der Waals surface area contributed by atoms with Crippen molar-refractivity contribution < 1.29 is 4.79 Å². The molecule has 0 heterocycles. The first kappa shape index (κ1) is 14.7. The molecule has 0 bridgehead atoms. The highest BCUT2D eigenvalue weighted by molar-refractivity contribution is 8.00. The zero-order chi connectivity index (χ0) is 13.5. The first-order valence-electron chi connectivity index (χ1n) is 5.33. The van der Waals surface area contributed by atoms with Gasteiger partial charge >= 0.3 is 0 Å². The topological polar surface area (TPSA) is 70.1 Å². The van der Waals surface area contributed by atoms with E-state index in [2.05, 4.69) is 0 Å². The number of amides is 1. The molecule has 0 aromatic heterocycles. The van der Waals surface area contributed by atoms with Crippen molar-refractivity contribution in [1.29, 1.82) is 5.26 Å². The minimum absolute atomic E-state index is 0.0328. The van der Waals surface area contributed by atoms with E-state index < -0.39 is 0 Å². The summed E-state index contributed by atoms with van der Waals surface area (Å²) in [7, 11) is 1.68. The lowest BCUT2D eigenvalue weighted by Crippen LogP contribution is -2.29. The van der Waals surface area contributed by atoms with E-state index in [9.17, 15) is 4.79 Å². The Morgan fingerprint density at radius 3 is 3.00 bits per heavy atom. The number of carbonyl (C=O) groups excluding carboxylic acids is 1. The van der Waals surface area contributed by atoms with Crippen molar-refractivity contribution in [2.45, 2.75) is 11.3 Å². The summed E-state index contributed by atoms with van der Waals surface area (Å²) in [6.45, 7) is 0.445. The molecule has 0 saturated carbocycles. The van der Waals surface area contributed by atoms with Gasteiger partial charge in [0.25, 0.3) is 0 Å². The summed E-state index contributed by atoms with van der Waals surface area (Å²) in [5, 5.41) is 9.04. The van der Waals surface area contributed by atoms with E-state index in [-0.39, 0.29) is 11.7 Å². The van der Waals surface area contributed by atoms with Gasteiger partial charge < -0.3 is 10.6 Å². The van der Waals surface area contributed by atoms with Crippen LogP contribution < -0.4 is 5.73 Å². The number of halogens is 1. The molecule has 96 valence electrons. The smallest absolute Gasteiger partial charge is 0.232 e. The summed E-state index contributed by atoms with van der Waals surface area (Å²) in [5.41, 5.74) is 6.39. The van der Waals surface area contributed by atoms with Crippen LogP contribution in [0.1, 0.15) is 6.42 Å². The lowest BCUT2D eigenvalue weighted by atomic mass is 10.3. The molecular formula is C12H14ClN3OS. The minimum atomic E-state index is -0.0328. The molecule has 0 aliphatic rings. The molecule has 1 rings (SSSR count). The molecule has 0 saturated heterocycles. The minimum Gasteiger partial charge on any atom is -0.398 e. The number of thioether (sulfide) groups is 1. The SMILES string of the molecule is CN(CCC#N)C(=O)CSc1cc(Cl)ccc1N. The molecule has 0 unspecified atom stereocenters. The fourth-order valence-electron chi connectivity index (χ4n) is 1.23. The normalized spacial score (nSPS) is 9.83. The fourth-order valence-corrected chi connectivity index (χ4v) is 2.41. The highest BCUT2D eigenvalue weighted by atomic mass is 35.5. The van der Waals surface area contributed by atoms with Gasteiger partial charge in [-0.15, -0.1) is 11.8 Å². The molecule has 0 fully saturated rings. The average molecular weight is 284 g/mol. The summed E-state index contributed by atoms with van der Waals surface area (Å²) >= 11 is 7.21. The van der Waals surface area contributed by atoms with Crippen molar-refractivity contribution in [2.75, 3.05) is 25.1 Å². The first-order chi connectivity index (χ1) is 8.54. The van der Waals surface area contributed by atoms with Crippen LogP contribution in [0.3, 0.4) is 0 Å². The van der Waals surface area contributed by atoms with Crippen LogP contribution in [0.4, 0.5) is 5.69 Å². The van der Waals surface area contributed by atoms with Crippen molar-refractivity contribution >= 4 is 35.0 Å². The van der Waals surface area contributed by atoms with Crippen molar-refractivity contribution in [2.24, 2.45) is 0 Å². The predicted molar refractivity (Wildman–Crippen MR) is 74.5 cm³/mol. The molecule has 6 heteroatoms. The van der Waals surface area contributed by atoms with Crippen molar-refractivity contribution in [3.63, 3.8) is 0 Å². The average Bonchev–Trinajstić information content (AvgIpc) is 2.36. The summed E-state index contributed by atoms with van der Waals surface area (Å²) in [5.74, 6) is 0.251. The molecule has 4 nitrogen and oxygen atoms in total. The number of hydrogen-bond donors (Lipinski definition) is 1. The molecule has 2 N–H and O–H groups in total. The number of nitrogens with zero attached hydrogens (tertiary/aromatic N) is 2. The summed E-state index contributed by atoms with van der Waals surface area (Å²) in [4.78, 5) is 14.1. The van der Waals surface area contributed by atoms with E-state index in [0.717, 1.165) is 4.90 Å². The number of nitrogens with two attached hydrogens (primary N) is 1. The van der Waals surface area contributed by atoms with Gasteiger partial charge in [0, 0.05) is 29.2 Å². The van der Waals surface area contributed by atoms with Crippen LogP contribution in [0.25, 0.3) is 0 Å². The van der Waals surface area contributed by atoms with E-state index in [1.54, 1.807) is 25.2 Å². The summed E-state index contributed by atoms with van der Waals surface area (Å²) < 4.78 is 0. The third kappa shape index (κ3) is 4.47. The molecule has 0 aliphatic heterocycles. The largest absolute Gasteiger partial charge is 0.398 e. The molecule has 0 aliphatic carbocycles. The van der Waals surface area contributed by atoms with Crippen LogP contribution in [-0.4, -0.2) is 30.2 Å². The number of carbonyl (C=O) groups is 1. The maximum Gasteiger partial charge on any atom is 0.232 e. The third-order valence-corrected chi connectivity index (χ3v) is 3.60. The maximum atomic E-state index is 11.7. The Morgan fingerprint density at radius 2 is 2.33 bits per heavy atom. The summed E-state index contributed by atoms with van der Waals surface area (Å²) in [6, 6.07) is 7.17. The maximum absolute atomic E-state index is 11.7. The van der Waals surface area contributed by atoms with Crippen molar-refractivity contribution in [3.05, 3.63) is 23.2 Å². The van der Waals surface area contributed by atoms with Gasteiger partial charge in [-0.1, -0.05) is 11.6 Å². The Balaban J connectivity index is 2.52. The molecule has 1 aromatic carbocycles. The first-order valence-corrected chi connectivity index (χ1v) is 6.69. The second kappa shape index (κ2) is 7.14. The van der Waals surface area contributed by atoms with Gasteiger partial charge in [-0.25, -0.2) is 0 Å². The standard InChI is InChI=1S/C12H14ClN3OS/c1-16(6-2-5-14)12(17)8-18-11-7-9(13)3-4-10(11)15/h3-4,7H,2,6,8,15H2,1H3. The third-order valence-electron chi connectivity index (χ3n) is 2.31. The van der Waals surface area contributed by atoms with Crippen molar-refractivity contribution in [1.82, 2.24) is 4.90 Å². The van der Waals surface area contributed by atoms with Crippen LogP contribution >= 0.6 is 23.4 Å². The lowest BCUT2D eigenvalue weighted by molar-refractivity contribution is -0.127. The quantitative estimate of drug-likeness (QED) is 0.665. The van der Waals surface area contributed by atoms with Crippen molar-refractivity contribution in [3.8, 4) is 6.07 Å². The number of rotatable bonds is 5. The molecule has 1 aromatic rings. The lowest BCUT2D eigenvalue weighted by Gasteiger charge is -2.15. The van der Waals surface area contributed by atoms with Crippen LogP contribution in [-0.2, 0) is 4.79 Å². The molecule has 18 heavy (non-hydrogen) atoms. The van der Waals surface area contributed by atoms with Crippen LogP contribution in [0, 0.1) is 11.3 Å². The summed E-state index contributed by atoms with van der Waals surface area (Å²) in [6.07, 6.45) is 0.339. The fraction of sp³-hybridized carbons (Fsp3) is 0.333. The van der Waals surface area contributed by atoms with E-state index in [0.29, 0.717) is 23.7 Å². The second-order valence-electron chi connectivity index (χ2n) is 3.69. The Morgan fingerprint density at radius 1 is 1.61 bits per heavy atom. The van der Waals surface area contributed by atoms with E-state index in [1.165, 1.54) is 16.7 Å². The Kier molecular flexibility index (Phi) is 5.83. The van der Waals surface area contributed by atoms with Crippen LogP contribution in [0.15, 0.2) is 23.1 Å². The highest BCUT2D eigenvalue weighted by Gasteiger charge is 2.10. The van der Waals surface area contributed by atoms with E-state index >= 15 is 0 Å². The van der Waals surface area contributed by atoms with Gasteiger partial charge in [0.15, 0.2) is 0 Å². The highest BCUT2D eigenvalue weighted by Crippen LogP contribution is 2.28. The second-order valence-corrected chi connectivity index (χ2v) is 5.15. The predicted octanol–water partition coefficient (Wildman–Crippen LogP) is 2.39. The van der Waals surface area contributed by atoms with Crippen LogP contribution in [0.5, 0.6) is 0 Å². The van der Waals surface area contributed by atoms with Gasteiger partial charge in [0.2, 0.25) is 5.91 Å². The van der Waals surface area contributed by atoms with Crippen LogP contribution in [0.2, 0.25) is 5.02 Å². The zero-order valence-electron chi connectivity index (χ0n) is 10.0. The Hall–Kier alpha value is -1.38. The molecular weight excluding hydrogens is 270 g/mol. The van der Waals surface area contributed by atoms with Gasteiger partial charge in [-0.3, -0.25) is 4.79 Å². The Labute approximate surface area is 116 Å². The number of benzene rings is 1. The number of hydrogen-bond acceptors (Lipinski definition) is 4. The van der Waals surface area contributed by atoms with Gasteiger partial charge in [-0.05, 0) is 18.2 Å². The van der Waals surface area contributed by atoms with E-state index in [4.69, 9.17) is 22.6 Å². The zero-order valence-corrected chi connectivity index (χ0v) is 11.6. The number of nitrogen functional groups attached to an aromatic ring is 1. The number of anilines is 1. The molecule has 0 spiro atoms. The molecule has 1 amide bonds. The molecule has 0 radical (unpaired) electrons. The number of nitriles is 1.